The summed E-state index contributed by atoms with van der Waals surface area (Å²) in [5.41, 5.74) is 4.03. The lowest BCUT2D eigenvalue weighted by Gasteiger charge is -2.40. The van der Waals surface area contributed by atoms with Crippen LogP contribution in [0.5, 0.6) is 0 Å². The first-order valence-electron chi connectivity index (χ1n) is 10.2. The van der Waals surface area contributed by atoms with Crippen LogP contribution in [-0.4, -0.2) is 51.9 Å². The topological polar surface area (TPSA) is 58.7 Å². The van der Waals surface area contributed by atoms with E-state index >= 15 is 0 Å². The molecule has 3 heterocycles. The number of aryl methyl sites for hydroxylation is 1. The maximum atomic E-state index is 13.3. The van der Waals surface area contributed by atoms with Gasteiger partial charge in [-0.3, -0.25) is 9.59 Å². The largest absolute Gasteiger partial charge is 0.448 e. The molecule has 156 valence electrons. The van der Waals surface area contributed by atoms with Gasteiger partial charge in [-0.15, -0.1) is 0 Å². The zero-order valence-electron chi connectivity index (χ0n) is 17.7. The Labute approximate surface area is 176 Å². The Kier molecular flexibility index (Phi) is 5.24. The van der Waals surface area contributed by atoms with Gasteiger partial charge >= 0.3 is 0 Å². The highest BCUT2D eigenvalue weighted by atomic mass is 16.3. The summed E-state index contributed by atoms with van der Waals surface area (Å²) in [4.78, 5) is 29.9. The quantitative estimate of drug-likeness (QED) is 0.614. The molecule has 1 fully saturated rings. The van der Waals surface area contributed by atoms with E-state index in [1.165, 1.54) is 0 Å². The van der Waals surface area contributed by atoms with Crippen molar-refractivity contribution in [1.82, 2.24) is 14.4 Å². The number of carbonyl (C=O) groups excluding carboxylic acids is 2. The van der Waals surface area contributed by atoms with Crippen LogP contribution in [0, 0.1) is 6.92 Å². The SMILES string of the molecule is C=C(C)Cn1c(C(=O)N2CCN(C(=O)c3ccc(C)cc3)[C@H](C)C2)cc2ccoc21. The highest BCUT2D eigenvalue weighted by Crippen LogP contribution is 2.24. The van der Waals surface area contributed by atoms with Crippen LogP contribution in [-0.2, 0) is 6.54 Å². The Hall–Kier alpha value is -3.28. The lowest BCUT2D eigenvalue weighted by molar-refractivity contribution is 0.0409. The summed E-state index contributed by atoms with van der Waals surface area (Å²) in [6.45, 7) is 11.9. The summed E-state index contributed by atoms with van der Waals surface area (Å²) in [5.74, 6) is -0.0327. The summed E-state index contributed by atoms with van der Waals surface area (Å²) in [6.07, 6.45) is 1.63. The molecule has 6 nitrogen and oxygen atoms in total. The maximum absolute atomic E-state index is 13.3. The van der Waals surface area contributed by atoms with E-state index in [-0.39, 0.29) is 17.9 Å². The van der Waals surface area contributed by atoms with E-state index in [1.54, 1.807) is 6.26 Å². The van der Waals surface area contributed by atoms with Crippen molar-refractivity contribution in [3.63, 3.8) is 0 Å². The fourth-order valence-electron chi connectivity index (χ4n) is 4.05. The van der Waals surface area contributed by atoms with Gasteiger partial charge in [-0.2, -0.15) is 0 Å². The number of benzene rings is 1. The Balaban J connectivity index is 1.52. The van der Waals surface area contributed by atoms with Crippen LogP contribution in [0.3, 0.4) is 0 Å². The van der Waals surface area contributed by atoms with Crippen molar-refractivity contribution in [3.05, 3.63) is 71.6 Å². The summed E-state index contributed by atoms with van der Waals surface area (Å²) in [5, 5.41) is 0.904. The normalized spacial score (nSPS) is 16.8. The third-order valence-electron chi connectivity index (χ3n) is 5.62. The highest BCUT2D eigenvalue weighted by Gasteiger charge is 2.32. The second kappa shape index (κ2) is 7.86. The van der Waals surface area contributed by atoms with Gasteiger partial charge < -0.3 is 18.8 Å². The van der Waals surface area contributed by atoms with Gasteiger partial charge in [-0.1, -0.05) is 29.8 Å². The molecule has 6 heteroatoms. The summed E-state index contributed by atoms with van der Waals surface area (Å²) in [6, 6.07) is 11.3. The van der Waals surface area contributed by atoms with Crippen LogP contribution < -0.4 is 0 Å². The number of fused-ring (bicyclic) bond motifs is 1. The molecular weight excluding hydrogens is 378 g/mol. The van der Waals surface area contributed by atoms with Gasteiger partial charge in [0.05, 0.1) is 6.26 Å². The van der Waals surface area contributed by atoms with Crippen molar-refractivity contribution in [3.8, 4) is 0 Å². The Bertz CT molecular complexity index is 1110. The number of amides is 2. The number of furan rings is 1. The van der Waals surface area contributed by atoms with Crippen LogP contribution >= 0.6 is 0 Å². The van der Waals surface area contributed by atoms with E-state index in [0.717, 1.165) is 16.5 Å². The molecule has 0 spiro atoms. The molecule has 0 unspecified atom stereocenters. The fraction of sp³-hybridized carbons (Fsp3) is 0.333. The first-order chi connectivity index (χ1) is 14.3. The molecule has 1 atom stereocenters. The molecule has 1 saturated heterocycles. The van der Waals surface area contributed by atoms with Gasteiger partial charge in [-0.05, 0) is 45.0 Å². The molecule has 0 saturated carbocycles. The van der Waals surface area contributed by atoms with Gasteiger partial charge in [0.1, 0.15) is 5.69 Å². The molecule has 30 heavy (non-hydrogen) atoms. The highest BCUT2D eigenvalue weighted by molar-refractivity contribution is 5.98. The number of hydrogen-bond donors (Lipinski definition) is 0. The number of carbonyl (C=O) groups is 2. The van der Waals surface area contributed by atoms with Crippen molar-refractivity contribution >= 4 is 22.9 Å². The number of rotatable bonds is 4. The first-order valence-corrected chi connectivity index (χ1v) is 10.2. The minimum Gasteiger partial charge on any atom is -0.448 e. The number of aromatic nitrogens is 1. The van der Waals surface area contributed by atoms with Gasteiger partial charge in [0.2, 0.25) is 5.71 Å². The second-order valence-corrected chi connectivity index (χ2v) is 8.22. The van der Waals surface area contributed by atoms with Crippen molar-refractivity contribution in [2.75, 3.05) is 19.6 Å². The minimum atomic E-state index is -0.0657. The number of nitrogens with zero attached hydrogens (tertiary/aromatic N) is 3. The van der Waals surface area contributed by atoms with Crippen molar-refractivity contribution in [2.24, 2.45) is 0 Å². The van der Waals surface area contributed by atoms with Gasteiger partial charge in [0.25, 0.3) is 11.8 Å². The standard InChI is InChI=1S/C24H27N3O3/c1-16(2)14-27-21(13-20-9-12-30-24(20)27)23(29)25-10-11-26(18(4)15-25)22(28)19-7-5-17(3)6-8-19/h5-9,12-13,18H,1,10-11,14-15H2,2-4H3/t18-/m1/s1. The van der Waals surface area contributed by atoms with E-state index in [1.807, 2.05) is 71.5 Å². The molecule has 3 aromatic rings. The number of allylic oxidation sites excluding steroid dienone is 1. The Morgan fingerprint density at radius 3 is 2.53 bits per heavy atom. The van der Waals surface area contributed by atoms with Gasteiger partial charge in [-0.25, -0.2) is 0 Å². The Morgan fingerprint density at radius 1 is 1.13 bits per heavy atom. The number of hydrogen-bond acceptors (Lipinski definition) is 3. The van der Waals surface area contributed by atoms with Crippen molar-refractivity contribution in [1.29, 1.82) is 0 Å². The van der Waals surface area contributed by atoms with Gasteiger partial charge in [0, 0.05) is 43.2 Å². The molecule has 2 aromatic heterocycles. The predicted octanol–water partition coefficient (Wildman–Crippen LogP) is 4.11. The lowest BCUT2D eigenvalue weighted by Crippen LogP contribution is -2.55. The van der Waals surface area contributed by atoms with Crippen LogP contribution in [0.15, 0.2) is 59.2 Å². The van der Waals surface area contributed by atoms with Crippen LogP contribution in [0.1, 0.15) is 40.3 Å². The molecule has 0 bridgehead atoms. The van der Waals surface area contributed by atoms with Crippen LogP contribution in [0.25, 0.3) is 11.1 Å². The predicted molar refractivity (Wildman–Crippen MR) is 117 cm³/mol. The molecule has 0 radical (unpaired) electrons. The first kappa shape index (κ1) is 20.0. The van der Waals surface area contributed by atoms with E-state index in [4.69, 9.17) is 4.42 Å². The van der Waals surface area contributed by atoms with E-state index in [0.29, 0.717) is 43.1 Å². The third kappa shape index (κ3) is 3.65. The van der Waals surface area contributed by atoms with E-state index < -0.39 is 0 Å². The van der Waals surface area contributed by atoms with Crippen LogP contribution in [0.2, 0.25) is 0 Å². The molecule has 4 rings (SSSR count). The monoisotopic (exact) mass is 405 g/mol. The molecule has 1 aliphatic rings. The number of piperazine rings is 1. The lowest BCUT2D eigenvalue weighted by atomic mass is 10.1. The van der Waals surface area contributed by atoms with E-state index in [2.05, 4.69) is 6.58 Å². The zero-order chi connectivity index (χ0) is 21.4. The molecular formula is C24H27N3O3. The third-order valence-corrected chi connectivity index (χ3v) is 5.62. The molecule has 1 aliphatic heterocycles. The minimum absolute atomic E-state index is 0.0118. The second-order valence-electron chi connectivity index (χ2n) is 8.22. The smallest absolute Gasteiger partial charge is 0.270 e. The fourth-order valence-corrected chi connectivity index (χ4v) is 4.05. The van der Waals surface area contributed by atoms with Crippen LogP contribution in [0.4, 0.5) is 0 Å². The van der Waals surface area contributed by atoms with Crippen molar-refractivity contribution < 1.29 is 14.0 Å². The molecule has 0 aliphatic carbocycles. The van der Waals surface area contributed by atoms with Gasteiger partial charge in [0.15, 0.2) is 0 Å². The summed E-state index contributed by atoms with van der Waals surface area (Å²) < 4.78 is 7.48. The molecule has 1 aromatic carbocycles. The summed E-state index contributed by atoms with van der Waals surface area (Å²) in [7, 11) is 0. The maximum Gasteiger partial charge on any atom is 0.270 e. The molecule has 2 amide bonds. The summed E-state index contributed by atoms with van der Waals surface area (Å²) >= 11 is 0. The average Bonchev–Trinajstić information content (AvgIpc) is 3.30. The van der Waals surface area contributed by atoms with E-state index in [9.17, 15) is 9.59 Å². The average molecular weight is 405 g/mol. The van der Waals surface area contributed by atoms with Crippen molar-refractivity contribution in [2.45, 2.75) is 33.4 Å². The Morgan fingerprint density at radius 2 is 1.87 bits per heavy atom. The zero-order valence-corrected chi connectivity index (χ0v) is 17.7. The molecule has 0 N–H and O–H groups in total.